The van der Waals surface area contributed by atoms with Crippen molar-refractivity contribution in [1.29, 1.82) is 0 Å². The number of benzene rings is 1. The van der Waals surface area contributed by atoms with Gasteiger partial charge in [0, 0.05) is 5.56 Å². The first kappa shape index (κ1) is 13.3. The molecule has 1 heterocycles. The minimum absolute atomic E-state index is 0.576. The molecule has 0 aliphatic rings. The summed E-state index contributed by atoms with van der Waals surface area (Å²) in [5.74, 6) is 0. The standard InChI is InChI=1S/C13H12Br2OS/c1-7-4-3-5-8(2)11(7)12(16)9-6-10(14)17-13(9)15/h3-6,12,16H,1-2H3. The molecule has 0 bridgehead atoms. The Balaban J connectivity index is 2.51. The van der Waals surface area contributed by atoms with Crippen molar-refractivity contribution in [3.8, 4) is 0 Å². The lowest BCUT2D eigenvalue weighted by Crippen LogP contribution is -2.03. The maximum Gasteiger partial charge on any atom is 0.107 e. The second kappa shape index (κ2) is 5.22. The topological polar surface area (TPSA) is 20.2 Å². The van der Waals surface area contributed by atoms with Crippen molar-refractivity contribution in [3.63, 3.8) is 0 Å². The predicted octanol–water partition coefficient (Wildman–Crippen LogP) is 4.97. The molecule has 0 aliphatic heterocycles. The van der Waals surface area contributed by atoms with Crippen LogP contribution in [0.5, 0.6) is 0 Å². The Morgan fingerprint density at radius 1 is 1.18 bits per heavy atom. The number of hydrogen-bond acceptors (Lipinski definition) is 2. The summed E-state index contributed by atoms with van der Waals surface area (Å²) in [5.41, 5.74) is 4.15. The van der Waals surface area contributed by atoms with Gasteiger partial charge < -0.3 is 5.11 Å². The Morgan fingerprint density at radius 2 is 1.76 bits per heavy atom. The van der Waals surface area contributed by atoms with Crippen molar-refractivity contribution in [2.75, 3.05) is 0 Å². The van der Waals surface area contributed by atoms with Crippen LogP contribution in [0.25, 0.3) is 0 Å². The molecule has 0 amide bonds. The van der Waals surface area contributed by atoms with Crippen LogP contribution >= 0.6 is 43.2 Å². The molecule has 1 atom stereocenters. The summed E-state index contributed by atoms with van der Waals surface area (Å²) in [6.07, 6.45) is -0.576. The van der Waals surface area contributed by atoms with Crippen LogP contribution in [0.2, 0.25) is 0 Å². The summed E-state index contributed by atoms with van der Waals surface area (Å²) in [5, 5.41) is 10.5. The zero-order chi connectivity index (χ0) is 12.6. The van der Waals surface area contributed by atoms with E-state index in [2.05, 4.69) is 31.9 Å². The molecule has 0 saturated heterocycles. The third-order valence-corrected chi connectivity index (χ3v) is 5.18. The molecule has 0 spiro atoms. The van der Waals surface area contributed by atoms with E-state index in [0.29, 0.717) is 0 Å². The molecule has 2 aromatic rings. The van der Waals surface area contributed by atoms with Crippen molar-refractivity contribution in [2.24, 2.45) is 0 Å². The van der Waals surface area contributed by atoms with Gasteiger partial charge in [0.2, 0.25) is 0 Å². The highest BCUT2D eigenvalue weighted by atomic mass is 79.9. The van der Waals surface area contributed by atoms with Gasteiger partial charge in [-0.3, -0.25) is 0 Å². The van der Waals surface area contributed by atoms with Gasteiger partial charge in [-0.05, 0) is 68.5 Å². The molecule has 90 valence electrons. The molecule has 1 aromatic carbocycles. The highest BCUT2D eigenvalue weighted by Crippen LogP contribution is 2.39. The van der Waals surface area contributed by atoms with Gasteiger partial charge in [-0.1, -0.05) is 18.2 Å². The van der Waals surface area contributed by atoms with Crippen molar-refractivity contribution in [3.05, 3.63) is 54.1 Å². The van der Waals surface area contributed by atoms with Crippen LogP contribution < -0.4 is 0 Å². The zero-order valence-corrected chi connectivity index (χ0v) is 13.5. The number of halogens is 2. The van der Waals surface area contributed by atoms with E-state index in [-0.39, 0.29) is 0 Å². The molecule has 2 rings (SSSR count). The van der Waals surface area contributed by atoms with Crippen LogP contribution in [-0.4, -0.2) is 5.11 Å². The number of hydrogen-bond donors (Lipinski definition) is 1. The number of aliphatic hydroxyl groups is 1. The highest BCUT2D eigenvalue weighted by molar-refractivity contribution is 9.12. The first-order valence-electron chi connectivity index (χ1n) is 5.19. The molecule has 0 fully saturated rings. The Kier molecular flexibility index (Phi) is 4.08. The van der Waals surface area contributed by atoms with E-state index >= 15 is 0 Å². The fraction of sp³-hybridized carbons (Fsp3) is 0.231. The summed E-state index contributed by atoms with van der Waals surface area (Å²) in [6, 6.07) is 8.03. The molecular formula is C13H12Br2OS. The van der Waals surface area contributed by atoms with E-state index in [1.54, 1.807) is 11.3 Å². The Morgan fingerprint density at radius 3 is 2.24 bits per heavy atom. The van der Waals surface area contributed by atoms with Gasteiger partial charge in [0.1, 0.15) is 6.10 Å². The fourth-order valence-electron chi connectivity index (χ4n) is 1.95. The lowest BCUT2D eigenvalue weighted by atomic mass is 9.95. The monoisotopic (exact) mass is 374 g/mol. The second-order valence-corrected chi connectivity index (χ2v) is 7.74. The van der Waals surface area contributed by atoms with Crippen LogP contribution in [-0.2, 0) is 0 Å². The molecule has 17 heavy (non-hydrogen) atoms. The Bertz CT molecular complexity index is 528. The zero-order valence-electron chi connectivity index (χ0n) is 9.50. The first-order valence-corrected chi connectivity index (χ1v) is 7.60. The third-order valence-electron chi connectivity index (χ3n) is 2.79. The lowest BCUT2D eigenvalue weighted by Gasteiger charge is -2.16. The predicted molar refractivity (Wildman–Crippen MR) is 79.7 cm³/mol. The number of aliphatic hydroxyl groups excluding tert-OH is 1. The van der Waals surface area contributed by atoms with Gasteiger partial charge in [-0.2, -0.15) is 0 Å². The van der Waals surface area contributed by atoms with Crippen LogP contribution in [0, 0.1) is 13.8 Å². The normalized spacial score (nSPS) is 12.8. The molecule has 4 heteroatoms. The van der Waals surface area contributed by atoms with Gasteiger partial charge in [-0.15, -0.1) is 11.3 Å². The Labute approximate surface area is 122 Å². The molecule has 1 aromatic heterocycles. The maximum absolute atomic E-state index is 10.5. The van der Waals surface area contributed by atoms with E-state index in [9.17, 15) is 5.11 Å². The van der Waals surface area contributed by atoms with Gasteiger partial charge in [-0.25, -0.2) is 0 Å². The Hall–Kier alpha value is -0.160. The molecular weight excluding hydrogens is 364 g/mol. The van der Waals surface area contributed by atoms with Crippen molar-refractivity contribution in [2.45, 2.75) is 20.0 Å². The minimum atomic E-state index is -0.576. The van der Waals surface area contributed by atoms with E-state index in [4.69, 9.17) is 0 Å². The maximum atomic E-state index is 10.5. The number of rotatable bonds is 2. The SMILES string of the molecule is Cc1cccc(C)c1C(O)c1cc(Br)sc1Br. The lowest BCUT2D eigenvalue weighted by molar-refractivity contribution is 0.218. The van der Waals surface area contributed by atoms with Crippen LogP contribution in [0.3, 0.4) is 0 Å². The third kappa shape index (κ3) is 2.65. The second-order valence-electron chi connectivity index (χ2n) is 3.99. The van der Waals surface area contributed by atoms with Crippen LogP contribution in [0.4, 0.5) is 0 Å². The van der Waals surface area contributed by atoms with Gasteiger partial charge in [0.25, 0.3) is 0 Å². The summed E-state index contributed by atoms with van der Waals surface area (Å²) in [6.45, 7) is 4.06. The summed E-state index contributed by atoms with van der Waals surface area (Å²) < 4.78 is 1.99. The van der Waals surface area contributed by atoms with Gasteiger partial charge in [0.05, 0.1) is 7.57 Å². The number of thiophene rings is 1. The quantitative estimate of drug-likeness (QED) is 0.785. The molecule has 1 N–H and O–H groups in total. The van der Waals surface area contributed by atoms with Crippen LogP contribution in [0.15, 0.2) is 31.8 Å². The van der Waals surface area contributed by atoms with Crippen molar-refractivity contribution in [1.82, 2.24) is 0 Å². The summed E-state index contributed by atoms with van der Waals surface area (Å²) in [7, 11) is 0. The van der Waals surface area contributed by atoms with E-state index in [1.165, 1.54) is 0 Å². The van der Waals surface area contributed by atoms with Crippen molar-refractivity contribution < 1.29 is 5.11 Å². The highest BCUT2D eigenvalue weighted by Gasteiger charge is 2.19. The molecule has 1 nitrogen and oxygen atoms in total. The van der Waals surface area contributed by atoms with E-state index < -0.39 is 6.10 Å². The van der Waals surface area contributed by atoms with Gasteiger partial charge >= 0.3 is 0 Å². The molecule has 1 unspecified atom stereocenters. The summed E-state index contributed by atoms with van der Waals surface area (Å²) >= 11 is 8.51. The van der Waals surface area contributed by atoms with E-state index in [0.717, 1.165) is 29.8 Å². The molecule has 0 saturated carbocycles. The van der Waals surface area contributed by atoms with E-state index in [1.807, 2.05) is 38.1 Å². The summed E-state index contributed by atoms with van der Waals surface area (Å²) in [4.78, 5) is 0. The molecule has 0 aliphatic carbocycles. The molecule has 0 radical (unpaired) electrons. The average molecular weight is 376 g/mol. The average Bonchev–Trinajstić information content (AvgIpc) is 2.57. The van der Waals surface area contributed by atoms with Gasteiger partial charge in [0.15, 0.2) is 0 Å². The smallest absolute Gasteiger partial charge is 0.107 e. The number of aryl methyl sites for hydroxylation is 2. The van der Waals surface area contributed by atoms with Crippen molar-refractivity contribution >= 4 is 43.2 Å². The fourth-order valence-corrected chi connectivity index (χ4v) is 4.84. The first-order chi connectivity index (χ1) is 8.00. The largest absolute Gasteiger partial charge is 0.384 e. The minimum Gasteiger partial charge on any atom is -0.384 e. The van der Waals surface area contributed by atoms with Crippen LogP contribution in [0.1, 0.15) is 28.4 Å².